The summed E-state index contributed by atoms with van der Waals surface area (Å²) >= 11 is 0. The predicted molar refractivity (Wildman–Crippen MR) is 127 cm³/mol. The van der Waals surface area contributed by atoms with Gasteiger partial charge in [-0.25, -0.2) is 4.99 Å². The van der Waals surface area contributed by atoms with Crippen LogP contribution in [0.1, 0.15) is 44.7 Å². The van der Waals surface area contributed by atoms with Gasteiger partial charge in [0.25, 0.3) is 0 Å². The smallest absolute Gasteiger partial charge is 0.222 e. The molecule has 1 aliphatic heterocycles. The second-order valence-electron chi connectivity index (χ2n) is 7.17. The number of nitrogens with zero attached hydrogens (tertiary/aromatic N) is 3. The van der Waals surface area contributed by atoms with E-state index < -0.39 is 0 Å². The highest BCUT2D eigenvalue weighted by molar-refractivity contribution is 14.0. The van der Waals surface area contributed by atoms with Crippen molar-refractivity contribution in [1.82, 2.24) is 20.4 Å². The van der Waals surface area contributed by atoms with Gasteiger partial charge in [0.15, 0.2) is 5.96 Å². The zero-order valence-corrected chi connectivity index (χ0v) is 20.0. The molecule has 1 aromatic rings. The number of hydrogen-bond acceptors (Lipinski definition) is 3. The summed E-state index contributed by atoms with van der Waals surface area (Å²) in [5.74, 6) is 1.06. The first-order valence-corrected chi connectivity index (χ1v) is 10.1. The quantitative estimate of drug-likeness (QED) is 0.327. The number of guanidine groups is 1. The number of halogens is 1. The molecule has 1 aliphatic rings. The van der Waals surface area contributed by atoms with Crippen LogP contribution in [-0.2, 0) is 17.9 Å². The summed E-state index contributed by atoms with van der Waals surface area (Å²) < 4.78 is 0. The third-order valence-corrected chi connectivity index (χ3v) is 4.93. The number of carbonyl (C=O) groups is 1. The molecule has 158 valence electrons. The number of amides is 1. The fourth-order valence-corrected chi connectivity index (χ4v) is 3.26. The van der Waals surface area contributed by atoms with Crippen LogP contribution in [0.2, 0.25) is 0 Å². The van der Waals surface area contributed by atoms with Crippen molar-refractivity contribution >= 4 is 35.8 Å². The van der Waals surface area contributed by atoms with Gasteiger partial charge < -0.3 is 20.4 Å². The van der Waals surface area contributed by atoms with Crippen LogP contribution in [0.15, 0.2) is 29.3 Å². The van der Waals surface area contributed by atoms with Gasteiger partial charge in [-0.3, -0.25) is 4.79 Å². The van der Waals surface area contributed by atoms with Crippen LogP contribution in [0.25, 0.3) is 0 Å². The first kappa shape index (κ1) is 24.7. The van der Waals surface area contributed by atoms with E-state index >= 15 is 0 Å². The Morgan fingerprint density at radius 2 is 2.04 bits per heavy atom. The Labute approximate surface area is 187 Å². The topological polar surface area (TPSA) is 60.0 Å². The number of likely N-dealkylation sites (tertiary alicyclic amines) is 1. The lowest BCUT2D eigenvalue weighted by Crippen LogP contribution is -2.45. The van der Waals surface area contributed by atoms with E-state index in [4.69, 9.17) is 4.99 Å². The Kier molecular flexibility index (Phi) is 11.4. The molecule has 2 N–H and O–H groups in total. The Hall–Kier alpha value is -1.35. The lowest BCUT2D eigenvalue weighted by atomic mass is 10.1. The standard InChI is InChI=1S/C21H35N5O.HI/c1-5-20(27)26-12-11-19(16-26)24-21(22-6-2)23-14-17-9-8-10-18(13-17)15-25(4)7-3;/h8-10,13,19H,5-7,11-12,14-16H2,1-4H3,(H2,22,23,24);1H. The van der Waals surface area contributed by atoms with Crippen LogP contribution >= 0.6 is 24.0 Å². The highest BCUT2D eigenvalue weighted by atomic mass is 127. The van der Waals surface area contributed by atoms with E-state index in [9.17, 15) is 4.79 Å². The second-order valence-corrected chi connectivity index (χ2v) is 7.17. The number of aliphatic imine (C=N–C) groups is 1. The predicted octanol–water partition coefficient (Wildman–Crippen LogP) is 2.82. The summed E-state index contributed by atoms with van der Waals surface area (Å²) in [6.45, 7) is 11.2. The summed E-state index contributed by atoms with van der Waals surface area (Å²) in [4.78, 5) is 20.8. The van der Waals surface area contributed by atoms with Gasteiger partial charge in [0, 0.05) is 38.6 Å². The molecule has 28 heavy (non-hydrogen) atoms. The van der Waals surface area contributed by atoms with Gasteiger partial charge in [-0.15, -0.1) is 24.0 Å². The van der Waals surface area contributed by atoms with Crippen LogP contribution in [0.4, 0.5) is 0 Å². The molecule has 1 heterocycles. The van der Waals surface area contributed by atoms with E-state index in [0.717, 1.165) is 45.1 Å². The Morgan fingerprint density at radius 3 is 2.71 bits per heavy atom. The van der Waals surface area contributed by atoms with Crippen molar-refractivity contribution in [2.75, 3.05) is 33.2 Å². The molecule has 0 aliphatic carbocycles. The number of rotatable bonds is 8. The highest BCUT2D eigenvalue weighted by Crippen LogP contribution is 2.11. The van der Waals surface area contributed by atoms with Gasteiger partial charge in [-0.1, -0.05) is 38.1 Å². The number of benzene rings is 1. The number of hydrogen-bond donors (Lipinski definition) is 2. The van der Waals surface area contributed by atoms with Crippen LogP contribution < -0.4 is 10.6 Å². The summed E-state index contributed by atoms with van der Waals surface area (Å²) in [5.41, 5.74) is 2.53. The number of nitrogens with one attached hydrogen (secondary N) is 2. The van der Waals surface area contributed by atoms with Crippen molar-refractivity contribution in [3.05, 3.63) is 35.4 Å². The molecule has 1 amide bonds. The van der Waals surface area contributed by atoms with E-state index in [1.54, 1.807) is 0 Å². The third kappa shape index (κ3) is 7.95. The maximum atomic E-state index is 11.9. The zero-order valence-electron chi connectivity index (χ0n) is 17.7. The molecular weight excluding hydrogens is 465 g/mol. The Balaban J connectivity index is 0.00000392. The van der Waals surface area contributed by atoms with Gasteiger partial charge in [-0.05, 0) is 38.1 Å². The van der Waals surface area contributed by atoms with Crippen molar-refractivity contribution in [2.24, 2.45) is 4.99 Å². The molecule has 1 aromatic carbocycles. The Morgan fingerprint density at radius 1 is 1.29 bits per heavy atom. The third-order valence-electron chi connectivity index (χ3n) is 4.93. The summed E-state index contributed by atoms with van der Waals surface area (Å²) in [6.07, 6.45) is 1.54. The lowest BCUT2D eigenvalue weighted by molar-refractivity contribution is -0.129. The van der Waals surface area contributed by atoms with Crippen molar-refractivity contribution < 1.29 is 4.79 Å². The average Bonchev–Trinajstić information content (AvgIpc) is 3.14. The maximum absolute atomic E-state index is 11.9. The van der Waals surface area contributed by atoms with Crippen LogP contribution in [-0.4, -0.2) is 60.9 Å². The molecule has 0 spiro atoms. The molecule has 1 unspecified atom stereocenters. The van der Waals surface area contributed by atoms with E-state index in [0.29, 0.717) is 13.0 Å². The van der Waals surface area contributed by atoms with Crippen molar-refractivity contribution in [1.29, 1.82) is 0 Å². The molecule has 6 nitrogen and oxygen atoms in total. The van der Waals surface area contributed by atoms with E-state index in [-0.39, 0.29) is 35.9 Å². The molecule has 2 rings (SSSR count). The number of carbonyl (C=O) groups excluding carboxylic acids is 1. The molecule has 7 heteroatoms. The van der Waals surface area contributed by atoms with Crippen molar-refractivity contribution in [3.8, 4) is 0 Å². The molecule has 0 saturated carbocycles. The van der Waals surface area contributed by atoms with Gasteiger partial charge in [0.05, 0.1) is 6.54 Å². The molecule has 0 aromatic heterocycles. The molecule has 1 atom stereocenters. The van der Waals surface area contributed by atoms with Gasteiger partial charge in [0.1, 0.15) is 0 Å². The first-order chi connectivity index (χ1) is 13.0. The Bertz CT molecular complexity index is 637. The highest BCUT2D eigenvalue weighted by Gasteiger charge is 2.25. The zero-order chi connectivity index (χ0) is 19.6. The van der Waals surface area contributed by atoms with Gasteiger partial charge in [0.2, 0.25) is 5.91 Å². The van der Waals surface area contributed by atoms with Crippen molar-refractivity contribution in [3.63, 3.8) is 0 Å². The van der Waals surface area contributed by atoms with Crippen molar-refractivity contribution in [2.45, 2.75) is 52.7 Å². The first-order valence-electron chi connectivity index (χ1n) is 10.1. The summed E-state index contributed by atoms with van der Waals surface area (Å²) in [6, 6.07) is 8.90. The van der Waals surface area contributed by atoms with Gasteiger partial charge in [-0.2, -0.15) is 0 Å². The van der Waals surface area contributed by atoms with Crippen LogP contribution in [0.5, 0.6) is 0 Å². The molecule has 1 saturated heterocycles. The summed E-state index contributed by atoms with van der Waals surface area (Å²) in [7, 11) is 2.13. The van der Waals surface area contributed by atoms with E-state index in [1.807, 2.05) is 11.8 Å². The fourth-order valence-electron chi connectivity index (χ4n) is 3.26. The normalized spacial score (nSPS) is 16.8. The van der Waals surface area contributed by atoms with E-state index in [1.165, 1.54) is 11.1 Å². The van der Waals surface area contributed by atoms with Crippen LogP contribution in [0, 0.1) is 0 Å². The SMILES string of the molecule is CCNC(=NCc1cccc(CN(C)CC)c1)NC1CCN(C(=O)CC)C1.I. The van der Waals surface area contributed by atoms with Crippen LogP contribution in [0.3, 0.4) is 0 Å². The fraction of sp³-hybridized carbons (Fsp3) is 0.619. The average molecular weight is 501 g/mol. The van der Waals surface area contributed by atoms with E-state index in [2.05, 4.69) is 60.7 Å². The summed E-state index contributed by atoms with van der Waals surface area (Å²) in [5, 5.41) is 6.81. The molecular formula is C21H36IN5O. The maximum Gasteiger partial charge on any atom is 0.222 e. The molecule has 0 radical (unpaired) electrons. The molecule has 0 bridgehead atoms. The second kappa shape index (κ2) is 13.0. The minimum absolute atomic E-state index is 0. The minimum Gasteiger partial charge on any atom is -0.357 e. The monoisotopic (exact) mass is 501 g/mol. The molecule has 1 fully saturated rings. The lowest BCUT2D eigenvalue weighted by Gasteiger charge is -2.18. The van der Waals surface area contributed by atoms with Gasteiger partial charge >= 0.3 is 0 Å². The largest absolute Gasteiger partial charge is 0.357 e. The minimum atomic E-state index is 0.